The molecule has 0 fully saturated rings. The molecule has 26 heavy (non-hydrogen) atoms. The molecule has 1 aliphatic heterocycles. The zero-order chi connectivity index (χ0) is 17.9. The van der Waals surface area contributed by atoms with E-state index in [2.05, 4.69) is 15.5 Å². The number of carbonyl (C=O) groups is 1. The second-order valence-corrected chi connectivity index (χ2v) is 5.89. The summed E-state index contributed by atoms with van der Waals surface area (Å²) < 4.78 is 16.2. The van der Waals surface area contributed by atoms with Gasteiger partial charge < -0.3 is 19.2 Å². The molecule has 2 heterocycles. The van der Waals surface area contributed by atoms with Gasteiger partial charge in [-0.05, 0) is 36.8 Å². The van der Waals surface area contributed by atoms with E-state index in [1.54, 1.807) is 18.2 Å². The fourth-order valence-corrected chi connectivity index (χ4v) is 2.70. The first-order valence-electron chi connectivity index (χ1n) is 8.27. The van der Waals surface area contributed by atoms with Crippen LogP contribution in [0.15, 0.2) is 46.9 Å². The molecule has 7 heteroatoms. The number of aryl methyl sites for hydroxylation is 1. The summed E-state index contributed by atoms with van der Waals surface area (Å²) >= 11 is 0. The van der Waals surface area contributed by atoms with Gasteiger partial charge in [0, 0.05) is 24.1 Å². The van der Waals surface area contributed by atoms with Crippen LogP contribution in [-0.2, 0) is 6.42 Å². The molecule has 2 aromatic carbocycles. The summed E-state index contributed by atoms with van der Waals surface area (Å²) in [6, 6.07) is 12.9. The number of carbonyl (C=O) groups excluding carboxylic acids is 1. The topological polar surface area (TPSA) is 86.5 Å². The summed E-state index contributed by atoms with van der Waals surface area (Å²) in [6.45, 7) is 2.56. The quantitative estimate of drug-likeness (QED) is 0.761. The average Bonchev–Trinajstić information content (AvgIpc) is 3.30. The Bertz CT molecular complexity index is 951. The van der Waals surface area contributed by atoms with Crippen molar-refractivity contribution in [1.29, 1.82) is 0 Å². The first kappa shape index (κ1) is 16.1. The van der Waals surface area contributed by atoms with Gasteiger partial charge in [-0.2, -0.15) is 0 Å². The molecular formula is C19H17N3O4. The average molecular weight is 351 g/mol. The summed E-state index contributed by atoms with van der Waals surface area (Å²) in [6.07, 6.45) is 0.454. The van der Waals surface area contributed by atoms with Crippen molar-refractivity contribution in [3.63, 3.8) is 0 Å². The van der Waals surface area contributed by atoms with E-state index in [1.807, 2.05) is 31.2 Å². The van der Waals surface area contributed by atoms with E-state index in [0.29, 0.717) is 41.8 Å². The Hall–Kier alpha value is -3.35. The van der Waals surface area contributed by atoms with Crippen LogP contribution in [0, 0.1) is 6.92 Å². The van der Waals surface area contributed by atoms with Crippen molar-refractivity contribution < 1.29 is 18.7 Å². The molecule has 0 radical (unpaired) electrons. The number of hydrogen-bond acceptors (Lipinski definition) is 6. The second-order valence-electron chi connectivity index (χ2n) is 5.89. The highest BCUT2D eigenvalue weighted by Gasteiger charge is 2.16. The van der Waals surface area contributed by atoms with E-state index in [0.717, 1.165) is 11.1 Å². The molecule has 1 amide bonds. The molecule has 0 saturated heterocycles. The molecule has 1 aliphatic rings. The van der Waals surface area contributed by atoms with E-state index in [9.17, 15) is 4.79 Å². The maximum absolute atomic E-state index is 12.2. The Kier molecular flexibility index (Phi) is 4.27. The number of nitrogens with one attached hydrogen (secondary N) is 1. The molecule has 0 unspecified atom stereocenters. The van der Waals surface area contributed by atoms with Gasteiger partial charge in [0.2, 0.25) is 18.6 Å². The van der Waals surface area contributed by atoms with Crippen LogP contribution in [0.2, 0.25) is 0 Å². The van der Waals surface area contributed by atoms with Crippen molar-refractivity contribution in [3.05, 3.63) is 59.5 Å². The molecule has 1 aromatic heterocycles. The zero-order valence-electron chi connectivity index (χ0n) is 14.2. The number of ether oxygens (including phenoxy) is 2. The van der Waals surface area contributed by atoms with Crippen LogP contribution in [-0.4, -0.2) is 29.4 Å². The molecule has 132 valence electrons. The molecule has 3 aromatic rings. The van der Waals surface area contributed by atoms with Crippen molar-refractivity contribution >= 4 is 5.91 Å². The van der Waals surface area contributed by atoms with Crippen LogP contribution in [0.3, 0.4) is 0 Å². The molecule has 7 nitrogen and oxygen atoms in total. The van der Waals surface area contributed by atoms with Crippen molar-refractivity contribution in [3.8, 4) is 23.0 Å². The number of amides is 1. The van der Waals surface area contributed by atoms with Crippen LogP contribution < -0.4 is 14.8 Å². The normalized spacial score (nSPS) is 12.2. The maximum atomic E-state index is 12.2. The molecule has 0 aliphatic carbocycles. The first-order chi connectivity index (χ1) is 12.7. The Morgan fingerprint density at radius 1 is 1.12 bits per heavy atom. The van der Waals surface area contributed by atoms with Gasteiger partial charge in [-0.25, -0.2) is 0 Å². The van der Waals surface area contributed by atoms with Crippen LogP contribution >= 0.6 is 0 Å². The van der Waals surface area contributed by atoms with Crippen molar-refractivity contribution in [2.45, 2.75) is 13.3 Å². The zero-order valence-corrected chi connectivity index (χ0v) is 14.2. The number of nitrogens with zero attached hydrogens (tertiary/aromatic N) is 2. The van der Waals surface area contributed by atoms with E-state index >= 15 is 0 Å². The lowest BCUT2D eigenvalue weighted by molar-refractivity contribution is 0.0953. The molecule has 0 saturated carbocycles. The molecular weight excluding hydrogens is 334 g/mol. The maximum Gasteiger partial charge on any atom is 0.251 e. The van der Waals surface area contributed by atoms with Gasteiger partial charge in [0.1, 0.15) is 0 Å². The molecule has 0 spiro atoms. The molecule has 1 N–H and O–H groups in total. The lowest BCUT2D eigenvalue weighted by Gasteiger charge is -2.04. The molecule has 4 rings (SSSR count). The minimum Gasteiger partial charge on any atom is -0.454 e. The minimum atomic E-state index is -0.193. The van der Waals surface area contributed by atoms with E-state index in [1.165, 1.54) is 0 Å². The first-order valence-corrected chi connectivity index (χ1v) is 8.27. The Labute approximate surface area is 150 Å². The van der Waals surface area contributed by atoms with E-state index in [4.69, 9.17) is 13.9 Å². The Balaban J connectivity index is 1.35. The lowest BCUT2D eigenvalue weighted by atomic mass is 10.1. The highest BCUT2D eigenvalue weighted by atomic mass is 16.7. The summed E-state index contributed by atoms with van der Waals surface area (Å²) in [5.41, 5.74) is 2.50. The summed E-state index contributed by atoms with van der Waals surface area (Å²) in [4.78, 5) is 12.2. The number of aromatic nitrogens is 2. The highest BCUT2D eigenvalue weighted by molar-refractivity contribution is 5.94. The SMILES string of the molecule is Cc1ccccc1-c1nnc(CCNC(=O)c2ccc3c(c2)OCO3)o1. The number of rotatable bonds is 5. The third-order valence-corrected chi connectivity index (χ3v) is 4.10. The molecule has 0 bridgehead atoms. The summed E-state index contributed by atoms with van der Waals surface area (Å²) in [5, 5.41) is 11.0. The van der Waals surface area contributed by atoms with E-state index in [-0.39, 0.29) is 12.7 Å². The van der Waals surface area contributed by atoms with Gasteiger partial charge in [0.15, 0.2) is 11.5 Å². The van der Waals surface area contributed by atoms with Gasteiger partial charge >= 0.3 is 0 Å². The van der Waals surface area contributed by atoms with E-state index < -0.39 is 0 Å². The van der Waals surface area contributed by atoms with Crippen molar-refractivity contribution in [2.75, 3.05) is 13.3 Å². The van der Waals surface area contributed by atoms with Crippen LogP contribution in [0.4, 0.5) is 0 Å². The molecule has 0 atom stereocenters. The summed E-state index contributed by atoms with van der Waals surface area (Å²) in [7, 11) is 0. The fraction of sp³-hybridized carbons (Fsp3) is 0.211. The van der Waals surface area contributed by atoms with Gasteiger partial charge in [-0.3, -0.25) is 4.79 Å². The van der Waals surface area contributed by atoms with Gasteiger partial charge in [0.05, 0.1) is 0 Å². The Morgan fingerprint density at radius 2 is 1.96 bits per heavy atom. The van der Waals surface area contributed by atoms with Crippen LogP contribution in [0.5, 0.6) is 11.5 Å². The lowest BCUT2D eigenvalue weighted by Crippen LogP contribution is -2.25. The Morgan fingerprint density at radius 3 is 2.85 bits per heavy atom. The fourth-order valence-electron chi connectivity index (χ4n) is 2.70. The van der Waals surface area contributed by atoms with Gasteiger partial charge in [-0.15, -0.1) is 10.2 Å². The smallest absolute Gasteiger partial charge is 0.251 e. The van der Waals surface area contributed by atoms with Crippen LogP contribution in [0.1, 0.15) is 21.8 Å². The largest absolute Gasteiger partial charge is 0.454 e. The van der Waals surface area contributed by atoms with Crippen LogP contribution in [0.25, 0.3) is 11.5 Å². The number of hydrogen-bond donors (Lipinski definition) is 1. The number of benzene rings is 2. The predicted molar refractivity (Wildman–Crippen MR) is 93.1 cm³/mol. The minimum absolute atomic E-state index is 0.181. The monoisotopic (exact) mass is 351 g/mol. The number of fused-ring (bicyclic) bond motifs is 1. The predicted octanol–water partition coefficient (Wildman–Crippen LogP) is 2.75. The van der Waals surface area contributed by atoms with Crippen molar-refractivity contribution in [2.24, 2.45) is 0 Å². The highest BCUT2D eigenvalue weighted by Crippen LogP contribution is 2.32. The standard InChI is InChI=1S/C19H17N3O4/c1-12-4-2-3-5-14(12)19-22-21-17(26-19)8-9-20-18(23)13-6-7-15-16(10-13)25-11-24-15/h2-7,10H,8-9,11H2,1H3,(H,20,23). The summed E-state index contributed by atoms with van der Waals surface area (Å²) in [5.74, 6) is 2.00. The third kappa shape index (κ3) is 3.23. The van der Waals surface area contributed by atoms with Crippen molar-refractivity contribution in [1.82, 2.24) is 15.5 Å². The van der Waals surface area contributed by atoms with Gasteiger partial charge in [-0.1, -0.05) is 18.2 Å². The van der Waals surface area contributed by atoms with Gasteiger partial charge in [0.25, 0.3) is 5.91 Å². The second kappa shape index (κ2) is 6.87. The third-order valence-electron chi connectivity index (χ3n) is 4.10.